The molecule has 3 N–H and O–H groups in total. The molecule has 2 aliphatic heterocycles. The molecule has 38 heavy (non-hydrogen) atoms. The summed E-state index contributed by atoms with van der Waals surface area (Å²) in [6.07, 6.45) is 3.59. The van der Waals surface area contributed by atoms with E-state index < -0.39 is 11.9 Å². The predicted octanol–water partition coefficient (Wildman–Crippen LogP) is 4.06. The van der Waals surface area contributed by atoms with E-state index in [1.54, 1.807) is 17.0 Å². The molecule has 0 spiro atoms. The van der Waals surface area contributed by atoms with Crippen LogP contribution in [0.25, 0.3) is 16.8 Å². The van der Waals surface area contributed by atoms with Gasteiger partial charge in [-0.15, -0.1) is 0 Å². The molecule has 4 aromatic rings. The Bertz CT molecular complexity index is 1550. The van der Waals surface area contributed by atoms with Crippen LogP contribution in [0.1, 0.15) is 45.3 Å². The molecule has 1 fully saturated rings. The number of hydrogen-bond donors (Lipinski definition) is 2. The molecule has 1 saturated heterocycles. The van der Waals surface area contributed by atoms with Crippen LogP contribution >= 0.6 is 0 Å². The van der Waals surface area contributed by atoms with E-state index in [-0.39, 0.29) is 17.5 Å². The van der Waals surface area contributed by atoms with Crippen LogP contribution in [-0.4, -0.2) is 50.7 Å². The molecule has 3 aromatic carbocycles. The van der Waals surface area contributed by atoms with E-state index >= 15 is 4.39 Å². The lowest BCUT2D eigenvalue weighted by atomic mass is 9.93. The number of nitrogens with zero attached hydrogens (tertiary/aromatic N) is 4. The molecule has 8 heteroatoms. The van der Waals surface area contributed by atoms with Crippen LogP contribution in [0.2, 0.25) is 0 Å². The molecule has 3 heterocycles. The Kier molecular flexibility index (Phi) is 6.45. The number of carbonyl (C=O) groups is 1. The molecule has 0 bridgehead atoms. The van der Waals surface area contributed by atoms with Gasteiger partial charge in [0, 0.05) is 37.4 Å². The first-order valence-electron chi connectivity index (χ1n) is 12.7. The fourth-order valence-corrected chi connectivity index (χ4v) is 5.35. The number of aliphatic hydroxyl groups excluding tert-OH is 1. The van der Waals surface area contributed by atoms with Gasteiger partial charge in [-0.1, -0.05) is 48.5 Å². The highest BCUT2D eigenvalue weighted by molar-refractivity contribution is 6.08. The average Bonchev–Trinajstić information content (AvgIpc) is 3.56. The summed E-state index contributed by atoms with van der Waals surface area (Å²) in [5, 5.41) is 9.89. The van der Waals surface area contributed by atoms with Crippen molar-refractivity contribution < 1.29 is 14.3 Å². The number of carbonyl (C=O) groups excluding carboxylic acids is 1. The van der Waals surface area contributed by atoms with Crippen LogP contribution in [0.3, 0.4) is 0 Å². The summed E-state index contributed by atoms with van der Waals surface area (Å²) in [4.78, 5) is 24.5. The third-order valence-electron chi connectivity index (χ3n) is 7.31. The van der Waals surface area contributed by atoms with E-state index in [1.807, 2.05) is 54.6 Å². The zero-order valence-electron chi connectivity index (χ0n) is 20.8. The molecule has 6 rings (SSSR count). The smallest absolute Gasteiger partial charge is 0.210 e. The highest BCUT2D eigenvalue weighted by Gasteiger charge is 2.32. The number of aromatic nitrogens is 2. The van der Waals surface area contributed by atoms with Gasteiger partial charge in [-0.25, -0.2) is 9.37 Å². The molecule has 0 amide bonds. The second kappa shape index (κ2) is 10.1. The quantitative estimate of drug-likeness (QED) is 0.409. The number of rotatable bonds is 6. The maximum Gasteiger partial charge on any atom is 0.210 e. The highest BCUT2D eigenvalue weighted by atomic mass is 19.1. The average molecular weight is 510 g/mol. The predicted molar refractivity (Wildman–Crippen MR) is 144 cm³/mol. The number of hydrogen-bond acceptors (Lipinski definition) is 6. The Morgan fingerprint density at radius 1 is 1.08 bits per heavy atom. The Hall–Kier alpha value is -3.98. The second-order valence-corrected chi connectivity index (χ2v) is 9.84. The zero-order chi connectivity index (χ0) is 26.2. The van der Waals surface area contributed by atoms with Crippen LogP contribution in [0.4, 0.5) is 4.39 Å². The molecule has 192 valence electrons. The van der Waals surface area contributed by atoms with Crippen LogP contribution < -0.4 is 5.73 Å². The normalized spacial score (nSPS) is 19.2. The summed E-state index contributed by atoms with van der Waals surface area (Å²) in [6, 6.07) is 19.5. The highest BCUT2D eigenvalue weighted by Crippen LogP contribution is 2.33. The van der Waals surface area contributed by atoms with Crippen molar-refractivity contribution >= 4 is 12.0 Å². The lowest BCUT2D eigenvalue weighted by Crippen LogP contribution is -2.22. The molecule has 1 unspecified atom stereocenters. The van der Waals surface area contributed by atoms with E-state index in [1.165, 1.54) is 12.3 Å². The first-order chi connectivity index (χ1) is 18.5. The van der Waals surface area contributed by atoms with E-state index in [0.717, 1.165) is 40.9 Å². The minimum atomic E-state index is -0.994. The van der Waals surface area contributed by atoms with Crippen molar-refractivity contribution in [3.8, 4) is 16.8 Å². The van der Waals surface area contributed by atoms with Gasteiger partial charge in [-0.3, -0.25) is 19.3 Å². The molecular formula is C30H28FN5O2. The number of Topliss-reactive ketones (excluding diaryl/α,β-unsaturated/α-hetero) is 1. The fourth-order valence-electron chi connectivity index (χ4n) is 5.35. The first kappa shape index (κ1) is 24.4. The maximum absolute atomic E-state index is 15.6. The number of ketones is 1. The Labute approximate surface area is 220 Å². The van der Waals surface area contributed by atoms with Gasteiger partial charge >= 0.3 is 0 Å². The Morgan fingerprint density at radius 3 is 2.74 bits per heavy atom. The number of imidazole rings is 1. The van der Waals surface area contributed by atoms with Gasteiger partial charge in [0.15, 0.2) is 0 Å². The first-order valence-corrected chi connectivity index (χ1v) is 12.7. The van der Waals surface area contributed by atoms with Crippen molar-refractivity contribution in [2.45, 2.75) is 31.7 Å². The lowest BCUT2D eigenvalue weighted by Gasteiger charge is -2.20. The molecule has 2 aliphatic rings. The van der Waals surface area contributed by atoms with E-state index in [0.29, 0.717) is 31.0 Å². The largest absolute Gasteiger partial charge is 0.392 e. The van der Waals surface area contributed by atoms with Gasteiger partial charge in [0.2, 0.25) is 5.78 Å². The lowest BCUT2D eigenvalue weighted by molar-refractivity contribution is 0.0952. The zero-order valence-corrected chi connectivity index (χ0v) is 20.8. The molecule has 0 radical (unpaired) electrons. The number of aliphatic imine (C=N–C) groups is 1. The third kappa shape index (κ3) is 4.47. The monoisotopic (exact) mass is 509 g/mol. The van der Waals surface area contributed by atoms with Crippen molar-refractivity contribution in [3.63, 3.8) is 0 Å². The minimum Gasteiger partial charge on any atom is -0.392 e. The van der Waals surface area contributed by atoms with E-state index in [9.17, 15) is 9.90 Å². The maximum atomic E-state index is 15.6. The van der Waals surface area contributed by atoms with Gasteiger partial charge in [0.05, 0.1) is 12.3 Å². The van der Waals surface area contributed by atoms with Crippen molar-refractivity contribution in [1.82, 2.24) is 14.5 Å². The number of fused-ring (bicyclic) bond motifs is 1. The molecule has 2 atom stereocenters. The van der Waals surface area contributed by atoms with Crippen molar-refractivity contribution in [2.24, 2.45) is 10.7 Å². The number of halogens is 1. The van der Waals surface area contributed by atoms with Crippen LogP contribution in [0, 0.1) is 5.82 Å². The summed E-state index contributed by atoms with van der Waals surface area (Å²) < 4.78 is 17.3. The summed E-state index contributed by atoms with van der Waals surface area (Å²) in [5.41, 5.74) is 11.3. The minimum absolute atomic E-state index is 0.226. The molecular weight excluding hydrogens is 481 g/mol. The van der Waals surface area contributed by atoms with Gasteiger partial charge in [0.25, 0.3) is 0 Å². The van der Waals surface area contributed by atoms with Gasteiger partial charge in [0.1, 0.15) is 29.6 Å². The van der Waals surface area contributed by atoms with Crippen molar-refractivity contribution in [2.75, 3.05) is 13.1 Å². The number of benzene rings is 3. The fraction of sp³-hybridized carbons (Fsp3) is 0.233. The van der Waals surface area contributed by atoms with E-state index in [2.05, 4.69) is 14.9 Å². The Morgan fingerprint density at radius 2 is 1.95 bits per heavy atom. The molecule has 0 saturated carbocycles. The number of aliphatic hydroxyl groups is 1. The summed E-state index contributed by atoms with van der Waals surface area (Å²) in [6.45, 7) is 2.53. The van der Waals surface area contributed by atoms with Crippen LogP contribution in [0.5, 0.6) is 0 Å². The third-order valence-corrected chi connectivity index (χ3v) is 7.31. The molecule has 7 nitrogen and oxygen atoms in total. The number of likely N-dealkylation sites (tertiary alicyclic amines) is 1. The summed E-state index contributed by atoms with van der Waals surface area (Å²) >= 11 is 0. The van der Waals surface area contributed by atoms with E-state index in [4.69, 9.17) is 5.73 Å². The molecule has 1 aromatic heterocycles. The van der Waals surface area contributed by atoms with Gasteiger partial charge in [-0.05, 0) is 46.9 Å². The van der Waals surface area contributed by atoms with Gasteiger partial charge < -0.3 is 10.8 Å². The van der Waals surface area contributed by atoms with Crippen LogP contribution in [0.15, 0.2) is 78.0 Å². The van der Waals surface area contributed by atoms with Gasteiger partial charge in [-0.2, -0.15) is 0 Å². The molecule has 0 aliphatic carbocycles. The SMILES string of the molecule is NCc1cccc(-n2cnc3c2C(=O)C(c2ccc(-c4ccccc4CN4CC[C@@H](O)C4)cc2F)N=C3)c1. The number of β-amino-alcohol motifs (C(OH)–C–C–N with tert-alkyl or cyclic N) is 1. The standard InChI is InChI=1S/C30H28FN5O2/c31-26-13-20(24-7-2-1-5-21(24)16-35-11-10-23(37)17-35)8-9-25(26)28-30(38)29-27(15-33-28)34-18-36(29)22-6-3-4-19(12-22)14-32/h1-9,12-13,15,18,23,28,37H,10-11,14,16-17,32H2/t23-,28?/m1/s1. The summed E-state index contributed by atoms with van der Waals surface area (Å²) in [5.74, 6) is -0.790. The second-order valence-electron chi connectivity index (χ2n) is 9.84. The summed E-state index contributed by atoms with van der Waals surface area (Å²) in [7, 11) is 0. The number of nitrogens with two attached hydrogens (primary N) is 1. The topological polar surface area (TPSA) is 96.7 Å². The van der Waals surface area contributed by atoms with Crippen molar-refractivity contribution in [3.05, 3.63) is 107 Å². The van der Waals surface area contributed by atoms with Crippen LogP contribution in [-0.2, 0) is 13.1 Å². The Balaban J connectivity index is 1.30. The van der Waals surface area contributed by atoms with Crippen molar-refractivity contribution in [1.29, 1.82) is 0 Å².